The van der Waals surface area contributed by atoms with E-state index < -0.39 is 36.7 Å². The lowest BCUT2D eigenvalue weighted by Gasteiger charge is -2.18. The Morgan fingerprint density at radius 3 is 2.73 bits per heavy atom. The van der Waals surface area contributed by atoms with E-state index >= 15 is 0 Å². The lowest BCUT2D eigenvalue weighted by Crippen LogP contribution is -2.33. The first kappa shape index (κ1) is 15.2. The highest BCUT2D eigenvalue weighted by molar-refractivity contribution is 7.98. The van der Waals surface area contributed by atoms with Crippen LogP contribution in [0.5, 0.6) is 0 Å². The van der Waals surface area contributed by atoms with Crippen LogP contribution in [0.25, 0.3) is 11.2 Å². The van der Waals surface area contributed by atoms with Gasteiger partial charge in [-0.15, -0.1) is 0 Å². The van der Waals surface area contributed by atoms with Crippen LogP contribution in [0.1, 0.15) is 6.23 Å². The number of nitrogens with two attached hydrogens (primary N) is 1. The van der Waals surface area contributed by atoms with Crippen molar-refractivity contribution in [1.29, 1.82) is 0 Å². The summed E-state index contributed by atoms with van der Waals surface area (Å²) in [6.45, 7) is -0.452. The lowest BCUT2D eigenvalue weighted by molar-refractivity contribution is -0.0548. The second kappa shape index (κ2) is 5.52. The minimum atomic E-state index is -1.30. The molecule has 0 radical (unpaired) electrons. The third-order valence-electron chi connectivity index (χ3n) is 3.49. The largest absolute Gasteiger partial charge is 0.394 e. The van der Waals surface area contributed by atoms with Gasteiger partial charge in [0.2, 0.25) is 5.95 Å². The summed E-state index contributed by atoms with van der Waals surface area (Å²) < 4.78 is 6.87. The monoisotopic (exact) mass is 329 g/mol. The number of nitrogens with one attached hydrogen (secondary N) is 1. The van der Waals surface area contributed by atoms with Crippen LogP contribution in [0, 0.1) is 0 Å². The third-order valence-corrected chi connectivity index (χ3v) is 4.14. The number of aliphatic hydroxyl groups is 3. The maximum Gasteiger partial charge on any atom is 0.280 e. The molecule has 1 aliphatic rings. The quantitative estimate of drug-likeness (QED) is 0.403. The van der Waals surface area contributed by atoms with Crippen LogP contribution in [0.3, 0.4) is 0 Å². The molecule has 120 valence electrons. The average Bonchev–Trinajstić information content (AvgIpc) is 2.98. The summed E-state index contributed by atoms with van der Waals surface area (Å²) in [6, 6.07) is 0. The number of aromatic nitrogens is 4. The fourth-order valence-electron chi connectivity index (χ4n) is 2.45. The number of hydrogen-bond acceptors (Lipinski definition) is 9. The smallest absolute Gasteiger partial charge is 0.280 e. The molecule has 1 aliphatic heterocycles. The highest BCUT2D eigenvalue weighted by Gasteiger charge is 2.45. The van der Waals surface area contributed by atoms with Gasteiger partial charge in [-0.1, -0.05) is 11.8 Å². The number of ether oxygens (including phenoxy) is 1. The van der Waals surface area contributed by atoms with Gasteiger partial charge in [-0.2, -0.15) is 4.98 Å². The number of aromatic amines is 1. The maximum atomic E-state index is 11.9. The SMILES string of the molecule is CSc1nc2c(=O)[nH]c(N)nc2n1[C@@H]1O[C@H](CO)[C@@H](O)[C@@H]1O. The number of anilines is 1. The number of hydrogen-bond donors (Lipinski definition) is 5. The zero-order chi connectivity index (χ0) is 16.0. The van der Waals surface area contributed by atoms with E-state index in [1.54, 1.807) is 6.26 Å². The Balaban J connectivity index is 2.20. The summed E-state index contributed by atoms with van der Waals surface area (Å²) in [5, 5.41) is 29.6. The molecule has 11 heteroatoms. The van der Waals surface area contributed by atoms with E-state index in [4.69, 9.17) is 10.5 Å². The summed E-state index contributed by atoms with van der Waals surface area (Å²) in [5.74, 6) is -0.0990. The van der Waals surface area contributed by atoms with Crippen molar-refractivity contribution in [2.24, 2.45) is 0 Å². The van der Waals surface area contributed by atoms with Crippen molar-refractivity contribution in [3.63, 3.8) is 0 Å². The van der Waals surface area contributed by atoms with E-state index in [0.29, 0.717) is 5.16 Å². The highest BCUT2D eigenvalue weighted by Crippen LogP contribution is 2.34. The van der Waals surface area contributed by atoms with Crippen molar-refractivity contribution in [1.82, 2.24) is 19.5 Å². The van der Waals surface area contributed by atoms with Crippen molar-refractivity contribution in [2.75, 3.05) is 18.6 Å². The van der Waals surface area contributed by atoms with Crippen molar-refractivity contribution in [2.45, 2.75) is 29.7 Å². The molecule has 0 aromatic carbocycles. The van der Waals surface area contributed by atoms with Crippen molar-refractivity contribution in [3.8, 4) is 0 Å². The molecule has 0 unspecified atom stereocenters. The zero-order valence-corrected chi connectivity index (χ0v) is 12.3. The Hall–Kier alpha value is -1.66. The second-order valence-corrected chi connectivity index (χ2v) is 5.59. The molecule has 0 amide bonds. The van der Waals surface area contributed by atoms with Gasteiger partial charge in [0, 0.05) is 0 Å². The van der Waals surface area contributed by atoms with Gasteiger partial charge >= 0.3 is 0 Å². The minimum absolute atomic E-state index is 0.0521. The summed E-state index contributed by atoms with van der Waals surface area (Å²) >= 11 is 1.22. The van der Waals surface area contributed by atoms with Crippen LogP contribution < -0.4 is 11.3 Å². The Kier molecular flexibility index (Phi) is 3.82. The van der Waals surface area contributed by atoms with Crippen LogP contribution in [-0.4, -0.2) is 66.0 Å². The van der Waals surface area contributed by atoms with Crippen LogP contribution >= 0.6 is 11.8 Å². The number of thioether (sulfide) groups is 1. The van der Waals surface area contributed by atoms with Crippen molar-refractivity contribution >= 4 is 28.9 Å². The first-order chi connectivity index (χ1) is 10.5. The molecule has 1 saturated heterocycles. The minimum Gasteiger partial charge on any atom is -0.394 e. The first-order valence-corrected chi connectivity index (χ1v) is 7.64. The van der Waals surface area contributed by atoms with E-state index in [0.717, 1.165) is 0 Å². The van der Waals surface area contributed by atoms with E-state index in [1.807, 2.05) is 0 Å². The molecule has 0 spiro atoms. The third kappa shape index (κ3) is 2.18. The molecule has 2 aromatic rings. The molecule has 1 fully saturated rings. The summed E-state index contributed by atoms with van der Waals surface area (Å²) in [6.07, 6.45) is -2.81. The predicted molar refractivity (Wildman–Crippen MR) is 77.4 cm³/mol. The Labute approximate surface area is 127 Å². The molecule has 3 rings (SSSR count). The molecule has 2 aromatic heterocycles. The number of aliphatic hydroxyl groups excluding tert-OH is 3. The Morgan fingerprint density at radius 1 is 1.41 bits per heavy atom. The van der Waals surface area contributed by atoms with Crippen LogP contribution in [0.15, 0.2) is 9.95 Å². The molecule has 4 atom stereocenters. The molecule has 22 heavy (non-hydrogen) atoms. The molecule has 0 saturated carbocycles. The standard InChI is InChI=1S/C11H15N5O5S/c1-22-11-13-4-7(14-10(12)15-8(4)20)16(11)9-6(19)5(18)3(2-17)21-9/h3,5-6,9,17-19H,2H2,1H3,(H3,12,14,15,20)/t3-,5-,6+,9-/m1/s1. The van der Waals surface area contributed by atoms with Gasteiger partial charge < -0.3 is 25.8 Å². The van der Waals surface area contributed by atoms with Gasteiger partial charge in [-0.25, -0.2) is 4.98 Å². The Morgan fingerprint density at radius 2 is 2.14 bits per heavy atom. The number of imidazole rings is 1. The summed E-state index contributed by atoms with van der Waals surface area (Å²) in [4.78, 5) is 22.4. The number of fused-ring (bicyclic) bond motifs is 1. The molecule has 6 N–H and O–H groups in total. The number of rotatable bonds is 3. The number of nitrogen functional groups attached to an aromatic ring is 1. The van der Waals surface area contributed by atoms with Crippen LogP contribution in [0.2, 0.25) is 0 Å². The van der Waals surface area contributed by atoms with E-state index in [2.05, 4.69) is 15.0 Å². The molecule has 10 nitrogen and oxygen atoms in total. The van der Waals surface area contributed by atoms with E-state index in [9.17, 15) is 20.1 Å². The average molecular weight is 329 g/mol. The normalized spacial score (nSPS) is 28.5. The Bertz CT molecular complexity index is 761. The van der Waals surface area contributed by atoms with Gasteiger partial charge in [0.15, 0.2) is 22.5 Å². The molecular weight excluding hydrogens is 314 g/mol. The predicted octanol–water partition coefficient (Wildman–Crippen LogP) is -1.96. The topological polar surface area (TPSA) is 160 Å². The fourth-order valence-corrected chi connectivity index (χ4v) is 3.02. The highest BCUT2D eigenvalue weighted by atomic mass is 32.2. The van der Waals surface area contributed by atoms with Crippen LogP contribution in [0.4, 0.5) is 5.95 Å². The van der Waals surface area contributed by atoms with Crippen molar-refractivity contribution < 1.29 is 20.1 Å². The van der Waals surface area contributed by atoms with E-state index in [1.165, 1.54) is 16.3 Å². The summed E-state index contributed by atoms with van der Waals surface area (Å²) in [5.41, 5.74) is 5.23. The van der Waals surface area contributed by atoms with Crippen molar-refractivity contribution in [3.05, 3.63) is 10.4 Å². The second-order valence-electron chi connectivity index (χ2n) is 4.82. The van der Waals surface area contributed by atoms with Gasteiger partial charge in [0.05, 0.1) is 6.61 Å². The van der Waals surface area contributed by atoms with Gasteiger partial charge in [0.25, 0.3) is 5.56 Å². The van der Waals surface area contributed by atoms with Gasteiger partial charge in [-0.05, 0) is 6.26 Å². The first-order valence-electron chi connectivity index (χ1n) is 6.42. The lowest BCUT2D eigenvalue weighted by atomic mass is 10.1. The van der Waals surface area contributed by atoms with Gasteiger partial charge in [-0.3, -0.25) is 14.3 Å². The maximum absolute atomic E-state index is 11.9. The number of nitrogens with zero attached hydrogens (tertiary/aromatic N) is 3. The molecule has 0 aliphatic carbocycles. The van der Waals surface area contributed by atoms with Gasteiger partial charge in [0.1, 0.15) is 18.3 Å². The number of H-pyrrole nitrogens is 1. The fraction of sp³-hybridized carbons (Fsp3) is 0.545. The zero-order valence-electron chi connectivity index (χ0n) is 11.5. The van der Waals surface area contributed by atoms with Crippen LogP contribution in [-0.2, 0) is 4.74 Å². The molecular formula is C11H15N5O5S. The molecule has 0 bridgehead atoms. The summed E-state index contributed by atoms with van der Waals surface area (Å²) in [7, 11) is 0. The van der Waals surface area contributed by atoms with E-state index in [-0.39, 0.29) is 17.1 Å². The molecule has 3 heterocycles.